The number of allylic oxidation sites excluding steroid dienone is 2. The third kappa shape index (κ3) is 4.88. The molecule has 0 atom stereocenters. The van der Waals surface area contributed by atoms with E-state index in [1.165, 1.54) is 12.3 Å². The number of para-hydroxylation sites is 2. The zero-order valence-corrected chi connectivity index (χ0v) is 17.0. The number of rotatable bonds is 7. The quantitative estimate of drug-likeness (QED) is 0.443. The van der Waals surface area contributed by atoms with Crippen LogP contribution in [-0.4, -0.2) is 21.7 Å². The van der Waals surface area contributed by atoms with E-state index < -0.39 is 5.91 Å². The first-order valence-electron chi connectivity index (χ1n) is 9.30. The van der Waals surface area contributed by atoms with Crippen LogP contribution in [0.2, 0.25) is 0 Å². The number of amides is 1. The average molecular weight is 402 g/mol. The number of nitrogens with one attached hydrogen (secondary N) is 1. The number of nitrogens with two attached hydrogens (primary N) is 1. The van der Waals surface area contributed by atoms with Gasteiger partial charge in [0.25, 0.3) is 5.91 Å². The predicted octanol–water partition coefficient (Wildman–Crippen LogP) is 4.57. The zero-order valence-electron chi connectivity index (χ0n) is 17.0. The molecule has 0 fully saturated rings. The fourth-order valence-corrected chi connectivity index (χ4v) is 2.71. The monoisotopic (exact) mass is 402 g/mol. The van der Waals surface area contributed by atoms with Crippen molar-refractivity contribution in [3.8, 4) is 11.6 Å². The van der Waals surface area contributed by atoms with Crippen molar-refractivity contribution in [3.63, 3.8) is 0 Å². The minimum Gasteiger partial charge on any atom is -0.437 e. The third-order valence-electron chi connectivity index (χ3n) is 4.19. The van der Waals surface area contributed by atoms with E-state index in [1.807, 2.05) is 45.0 Å². The number of hydrogen-bond donors (Lipinski definition) is 2. The van der Waals surface area contributed by atoms with Crippen LogP contribution in [0.15, 0.2) is 66.4 Å². The second kappa shape index (κ2) is 9.00. The van der Waals surface area contributed by atoms with Crippen molar-refractivity contribution in [2.75, 3.05) is 5.32 Å². The maximum Gasteiger partial charge on any atom is 0.255 e. The van der Waals surface area contributed by atoms with E-state index in [1.54, 1.807) is 24.3 Å². The largest absolute Gasteiger partial charge is 0.437 e. The third-order valence-corrected chi connectivity index (χ3v) is 4.19. The summed E-state index contributed by atoms with van der Waals surface area (Å²) in [6, 6.07) is 14.4. The van der Waals surface area contributed by atoms with E-state index in [4.69, 9.17) is 10.5 Å². The number of primary amides is 1. The van der Waals surface area contributed by atoms with Crippen LogP contribution in [0.25, 0.3) is 0 Å². The number of aromatic nitrogens is 2. The number of ether oxygens (including phenoxy) is 1. The summed E-state index contributed by atoms with van der Waals surface area (Å²) in [5.74, 6) is -0.481. The molecule has 3 rings (SSSR count). The number of ketones is 1. The standard InChI is InChI=1S/C23H22N4O3/c1-14(2)12-19(28)16-9-5-7-11-20(16)30-22-17(21(24)29)13-25-23(27-22)26-18-10-6-4-8-15(18)3/h4-13H,1-3H3,(H2,24,29)(H,25,26,27). The van der Waals surface area contributed by atoms with E-state index in [0.29, 0.717) is 5.56 Å². The molecule has 3 N–H and O–H groups in total. The summed E-state index contributed by atoms with van der Waals surface area (Å²) in [4.78, 5) is 32.9. The smallest absolute Gasteiger partial charge is 0.255 e. The van der Waals surface area contributed by atoms with Crippen LogP contribution >= 0.6 is 0 Å². The molecular weight excluding hydrogens is 380 g/mol. The Hall–Kier alpha value is -4.00. The molecule has 0 aliphatic rings. The normalized spacial score (nSPS) is 10.2. The Bertz CT molecular complexity index is 1130. The molecule has 0 saturated carbocycles. The van der Waals surface area contributed by atoms with Gasteiger partial charge in [0, 0.05) is 11.9 Å². The summed E-state index contributed by atoms with van der Waals surface area (Å²) in [5.41, 5.74) is 8.50. The molecule has 1 aromatic heterocycles. The van der Waals surface area contributed by atoms with Crippen LogP contribution < -0.4 is 15.8 Å². The lowest BCUT2D eigenvalue weighted by atomic mass is 10.1. The predicted molar refractivity (Wildman–Crippen MR) is 115 cm³/mol. The highest BCUT2D eigenvalue weighted by Crippen LogP contribution is 2.28. The Morgan fingerprint density at radius 3 is 2.43 bits per heavy atom. The highest BCUT2D eigenvalue weighted by atomic mass is 16.5. The summed E-state index contributed by atoms with van der Waals surface area (Å²) in [6.45, 7) is 5.61. The Balaban J connectivity index is 1.99. The summed E-state index contributed by atoms with van der Waals surface area (Å²) in [7, 11) is 0. The lowest BCUT2D eigenvalue weighted by molar-refractivity contribution is 0.0996. The number of benzene rings is 2. The molecular formula is C23H22N4O3. The van der Waals surface area contributed by atoms with Crippen molar-refractivity contribution < 1.29 is 14.3 Å². The van der Waals surface area contributed by atoms with E-state index in [0.717, 1.165) is 16.8 Å². The summed E-state index contributed by atoms with van der Waals surface area (Å²) >= 11 is 0. The van der Waals surface area contributed by atoms with Gasteiger partial charge in [0.15, 0.2) is 5.78 Å². The molecule has 1 amide bonds. The summed E-state index contributed by atoms with van der Waals surface area (Å²) in [6.07, 6.45) is 2.81. The van der Waals surface area contributed by atoms with Crippen molar-refractivity contribution >= 4 is 23.3 Å². The Morgan fingerprint density at radius 2 is 1.73 bits per heavy atom. The number of carbonyl (C=O) groups is 2. The fraction of sp³-hybridized carbons (Fsp3) is 0.130. The maximum absolute atomic E-state index is 12.5. The van der Waals surface area contributed by atoms with Crippen molar-refractivity contribution in [1.29, 1.82) is 0 Å². The molecule has 0 spiro atoms. The van der Waals surface area contributed by atoms with Crippen molar-refractivity contribution in [3.05, 3.63) is 83.1 Å². The highest BCUT2D eigenvalue weighted by Gasteiger charge is 2.18. The van der Waals surface area contributed by atoms with Gasteiger partial charge in [-0.1, -0.05) is 35.9 Å². The molecule has 2 aromatic carbocycles. The first-order chi connectivity index (χ1) is 14.3. The van der Waals surface area contributed by atoms with Gasteiger partial charge in [-0.3, -0.25) is 9.59 Å². The van der Waals surface area contributed by atoms with Crippen LogP contribution in [0.3, 0.4) is 0 Å². The van der Waals surface area contributed by atoms with Crippen molar-refractivity contribution in [2.45, 2.75) is 20.8 Å². The molecule has 0 unspecified atom stereocenters. The second-order valence-corrected chi connectivity index (χ2v) is 6.90. The average Bonchev–Trinajstić information content (AvgIpc) is 2.69. The van der Waals surface area contributed by atoms with Gasteiger partial charge in [-0.2, -0.15) is 4.98 Å². The lowest BCUT2D eigenvalue weighted by Crippen LogP contribution is -2.15. The van der Waals surface area contributed by atoms with Crippen LogP contribution in [0.4, 0.5) is 11.6 Å². The first-order valence-corrected chi connectivity index (χ1v) is 9.30. The second-order valence-electron chi connectivity index (χ2n) is 6.90. The fourth-order valence-electron chi connectivity index (χ4n) is 2.71. The minimum absolute atomic E-state index is 0.00907. The van der Waals surface area contributed by atoms with Gasteiger partial charge in [0.05, 0.1) is 5.56 Å². The Morgan fingerprint density at radius 1 is 1.03 bits per heavy atom. The molecule has 3 aromatic rings. The molecule has 7 heteroatoms. The highest BCUT2D eigenvalue weighted by molar-refractivity contribution is 6.07. The molecule has 152 valence electrons. The van der Waals surface area contributed by atoms with Crippen molar-refractivity contribution in [2.24, 2.45) is 5.73 Å². The number of anilines is 2. The lowest BCUT2D eigenvalue weighted by Gasteiger charge is -2.13. The van der Waals surface area contributed by atoms with E-state index >= 15 is 0 Å². The molecule has 7 nitrogen and oxygen atoms in total. The van der Waals surface area contributed by atoms with E-state index in [2.05, 4.69) is 15.3 Å². The van der Waals surface area contributed by atoms with Gasteiger partial charge < -0.3 is 15.8 Å². The van der Waals surface area contributed by atoms with E-state index in [9.17, 15) is 9.59 Å². The molecule has 0 radical (unpaired) electrons. The Kier molecular flexibility index (Phi) is 6.22. The van der Waals surface area contributed by atoms with Gasteiger partial charge in [-0.15, -0.1) is 0 Å². The number of carbonyl (C=O) groups excluding carboxylic acids is 2. The summed E-state index contributed by atoms with van der Waals surface area (Å²) in [5, 5.41) is 3.10. The molecule has 0 bridgehead atoms. The van der Waals surface area contributed by atoms with Gasteiger partial charge in [-0.05, 0) is 50.6 Å². The minimum atomic E-state index is -0.736. The van der Waals surface area contributed by atoms with Gasteiger partial charge in [0.2, 0.25) is 11.8 Å². The van der Waals surface area contributed by atoms with Crippen LogP contribution in [0.1, 0.15) is 40.1 Å². The molecule has 1 heterocycles. The van der Waals surface area contributed by atoms with Gasteiger partial charge >= 0.3 is 0 Å². The van der Waals surface area contributed by atoms with E-state index in [-0.39, 0.29) is 28.9 Å². The number of nitrogens with zero attached hydrogens (tertiary/aromatic N) is 2. The maximum atomic E-state index is 12.5. The molecule has 0 saturated heterocycles. The van der Waals surface area contributed by atoms with Crippen LogP contribution in [-0.2, 0) is 0 Å². The summed E-state index contributed by atoms with van der Waals surface area (Å²) < 4.78 is 5.87. The van der Waals surface area contributed by atoms with Crippen LogP contribution in [0, 0.1) is 6.92 Å². The SMILES string of the molecule is CC(C)=CC(=O)c1ccccc1Oc1nc(Nc2ccccc2C)ncc1C(N)=O. The number of aryl methyl sites for hydroxylation is 1. The van der Waals surface area contributed by atoms with Gasteiger partial charge in [-0.25, -0.2) is 4.98 Å². The molecule has 30 heavy (non-hydrogen) atoms. The zero-order chi connectivity index (χ0) is 21.7. The topological polar surface area (TPSA) is 107 Å². The van der Waals surface area contributed by atoms with Gasteiger partial charge in [0.1, 0.15) is 11.3 Å². The molecule has 0 aliphatic carbocycles. The van der Waals surface area contributed by atoms with Crippen molar-refractivity contribution in [1.82, 2.24) is 9.97 Å². The van der Waals surface area contributed by atoms with Crippen LogP contribution in [0.5, 0.6) is 11.6 Å². The Labute approximate surface area is 174 Å². The number of hydrogen-bond acceptors (Lipinski definition) is 6. The first kappa shape index (κ1) is 20.7. The molecule has 0 aliphatic heterocycles.